The number of aromatic nitrogens is 2. The van der Waals surface area contributed by atoms with Crippen molar-refractivity contribution in [2.75, 3.05) is 7.11 Å². The number of Topliss-reactive ketones (excluding diaryl/α,β-unsaturated/α-hetero) is 1. The van der Waals surface area contributed by atoms with Crippen LogP contribution < -0.4 is 9.47 Å². The van der Waals surface area contributed by atoms with Gasteiger partial charge in [0.1, 0.15) is 40.4 Å². The van der Waals surface area contributed by atoms with Crippen LogP contribution in [0.2, 0.25) is 0 Å². The summed E-state index contributed by atoms with van der Waals surface area (Å²) in [7, 11) is 1.31. The number of carbonyl (C=O) groups excluding carboxylic acids is 2. The molecule has 0 radical (unpaired) electrons. The molecule has 0 saturated heterocycles. The summed E-state index contributed by atoms with van der Waals surface area (Å²) in [5.41, 5.74) is 4.30. The Hall–Kier alpha value is -6.75. The zero-order valence-electron chi connectivity index (χ0n) is 29.4. The highest BCUT2D eigenvalue weighted by Crippen LogP contribution is 2.27. The summed E-state index contributed by atoms with van der Waals surface area (Å²) >= 11 is 0. The van der Waals surface area contributed by atoms with Gasteiger partial charge in [-0.15, -0.1) is 0 Å². The lowest BCUT2D eigenvalue weighted by atomic mass is 10.0. The largest absolute Gasteiger partial charge is 0.481 e. The molecule has 9 nitrogen and oxygen atoms in total. The first-order valence-corrected chi connectivity index (χ1v) is 16.9. The van der Waals surface area contributed by atoms with Crippen LogP contribution in [-0.4, -0.2) is 39.9 Å². The lowest BCUT2D eigenvalue weighted by Crippen LogP contribution is -2.18. The molecule has 1 N–H and O–H groups in total. The Balaban J connectivity index is 0.000000213. The van der Waals surface area contributed by atoms with Crippen molar-refractivity contribution in [2.45, 2.75) is 26.2 Å². The van der Waals surface area contributed by atoms with Crippen molar-refractivity contribution in [2.24, 2.45) is 5.92 Å². The van der Waals surface area contributed by atoms with Gasteiger partial charge in [-0.1, -0.05) is 19.1 Å². The summed E-state index contributed by atoms with van der Waals surface area (Å²) in [5, 5.41) is 8.84. The van der Waals surface area contributed by atoms with Crippen LogP contribution >= 0.6 is 0 Å². The maximum atomic E-state index is 13.0. The molecule has 0 unspecified atom stereocenters. The van der Waals surface area contributed by atoms with Gasteiger partial charge < -0.3 is 19.3 Å². The van der Waals surface area contributed by atoms with Crippen LogP contribution in [0.25, 0.3) is 22.5 Å². The zero-order valence-corrected chi connectivity index (χ0v) is 29.4. The third-order valence-corrected chi connectivity index (χ3v) is 7.86. The van der Waals surface area contributed by atoms with E-state index in [4.69, 9.17) is 14.6 Å². The molecule has 0 amide bonds. The number of hydrogen-bond donors (Lipinski definition) is 1. The zero-order chi connectivity index (χ0) is 38.5. The summed E-state index contributed by atoms with van der Waals surface area (Å²) in [6.45, 7) is 1.67. The fourth-order valence-corrected chi connectivity index (χ4v) is 5.20. The van der Waals surface area contributed by atoms with Crippen molar-refractivity contribution in [3.63, 3.8) is 0 Å². The van der Waals surface area contributed by atoms with E-state index in [1.807, 2.05) is 42.5 Å². The van der Waals surface area contributed by atoms with Gasteiger partial charge >= 0.3 is 11.9 Å². The molecule has 54 heavy (non-hydrogen) atoms. The van der Waals surface area contributed by atoms with Gasteiger partial charge in [0, 0.05) is 29.7 Å². The van der Waals surface area contributed by atoms with Crippen LogP contribution in [0, 0.1) is 17.6 Å². The number of benzene rings is 4. The maximum absolute atomic E-state index is 13.0. The lowest BCUT2D eigenvalue weighted by molar-refractivity contribution is -0.146. The molecule has 6 aromatic rings. The lowest BCUT2D eigenvalue weighted by Gasteiger charge is -2.09. The maximum Gasteiger partial charge on any atom is 0.309 e. The molecule has 2 aromatic heterocycles. The molecule has 11 heteroatoms. The summed E-state index contributed by atoms with van der Waals surface area (Å²) in [6.07, 6.45) is 0.161. The number of carboxylic acid groups (broad SMARTS) is 1. The average molecular weight is 731 g/mol. The Morgan fingerprint density at radius 1 is 0.593 bits per heavy atom. The van der Waals surface area contributed by atoms with Gasteiger partial charge in [-0.3, -0.25) is 24.4 Å². The molecule has 4 aromatic carbocycles. The van der Waals surface area contributed by atoms with Gasteiger partial charge in [-0.25, -0.2) is 8.78 Å². The van der Waals surface area contributed by atoms with Crippen molar-refractivity contribution < 1.29 is 42.5 Å². The predicted molar refractivity (Wildman–Crippen MR) is 198 cm³/mol. The fourth-order valence-electron chi connectivity index (χ4n) is 5.20. The second-order valence-electron chi connectivity index (χ2n) is 12.1. The molecule has 0 saturated carbocycles. The topological polar surface area (TPSA) is 125 Å². The van der Waals surface area contributed by atoms with E-state index in [1.165, 1.54) is 31.4 Å². The quantitative estimate of drug-likeness (QED) is 0.116. The number of carboxylic acids is 1. The second kappa shape index (κ2) is 18.7. The predicted octanol–water partition coefficient (Wildman–Crippen LogP) is 9.30. The van der Waals surface area contributed by atoms with E-state index in [-0.39, 0.29) is 36.7 Å². The Kier molecular flexibility index (Phi) is 13.3. The van der Waals surface area contributed by atoms with Crippen molar-refractivity contribution in [1.82, 2.24) is 9.97 Å². The summed E-state index contributed by atoms with van der Waals surface area (Å²) in [4.78, 5) is 43.4. The van der Waals surface area contributed by atoms with Crippen molar-refractivity contribution in [3.05, 3.63) is 156 Å². The minimum absolute atomic E-state index is 0.0689. The van der Waals surface area contributed by atoms with Crippen LogP contribution in [0.1, 0.15) is 24.7 Å². The number of nitrogens with zero attached hydrogens (tertiary/aromatic N) is 2. The summed E-state index contributed by atoms with van der Waals surface area (Å²) in [5.74, 6) is -0.155. The average Bonchev–Trinajstić information content (AvgIpc) is 3.17. The van der Waals surface area contributed by atoms with Gasteiger partial charge in [0.2, 0.25) is 0 Å². The number of ketones is 1. The second-order valence-corrected chi connectivity index (χ2v) is 12.1. The minimum atomic E-state index is -0.914. The molecule has 0 bridgehead atoms. The Labute approximate surface area is 310 Å². The van der Waals surface area contributed by atoms with E-state index in [1.54, 1.807) is 73.7 Å². The Morgan fingerprint density at radius 2 is 0.981 bits per heavy atom. The first-order valence-electron chi connectivity index (χ1n) is 16.9. The van der Waals surface area contributed by atoms with E-state index in [9.17, 15) is 23.2 Å². The van der Waals surface area contributed by atoms with Crippen molar-refractivity contribution in [1.29, 1.82) is 0 Å². The van der Waals surface area contributed by atoms with E-state index in [0.29, 0.717) is 40.1 Å². The van der Waals surface area contributed by atoms with E-state index < -0.39 is 17.9 Å². The molecule has 274 valence electrons. The van der Waals surface area contributed by atoms with Crippen LogP contribution in [-0.2, 0) is 32.0 Å². The normalized spacial score (nSPS) is 11.0. The third-order valence-electron chi connectivity index (χ3n) is 7.86. The number of aliphatic carboxylic acids is 1. The highest BCUT2D eigenvalue weighted by molar-refractivity contribution is 5.85. The fraction of sp³-hybridized carbons (Fsp3) is 0.140. The molecule has 0 aliphatic rings. The van der Waals surface area contributed by atoms with Crippen LogP contribution in [0.4, 0.5) is 8.78 Å². The first kappa shape index (κ1) is 38.5. The molecule has 2 heterocycles. The van der Waals surface area contributed by atoms with Gasteiger partial charge in [-0.2, -0.15) is 0 Å². The highest BCUT2D eigenvalue weighted by Gasteiger charge is 2.18. The van der Waals surface area contributed by atoms with E-state index in [2.05, 4.69) is 14.7 Å². The van der Waals surface area contributed by atoms with E-state index >= 15 is 0 Å². The van der Waals surface area contributed by atoms with Gasteiger partial charge in [0.05, 0.1) is 36.5 Å². The van der Waals surface area contributed by atoms with Crippen LogP contribution in [0.15, 0.2) is 133 Å². The SMILES string of the molecule is COC(=O)[C@H](C)CC(=O)Cc1cccc(-c2ccc(Oc3ccc(F)cc3)cc2)n1.O=C(O)Cc1cccc(-c2ccc(Oc3ccc(F)cc3)cc2)n1. The Morgan fingerprint density at radius 3 is 1.37 bits per heavy atom. The van der Waals surface area contributed by atoms with E-state index in [0.717, 1.165) is 16.8 Å². The molecular formula is C43H36F2N2O7. The minimum Gasteiger partial charge on any atom is -0.481 e. The summed E-state index contributed by atoms with van der Waals surface area (Å²) in [6, 6.07) is 36.9. The third kappa shape index (κ3) is 11.6. The summed E-state index contributed by atoms with van der Waals surface area (Å²) < 4.78 is 41.9. The monoisotopic (exact) mass is 730 g/mol. The van der Waals surface area contributed by atoms with Gasteiger partial charge in [-0.05, 0) is 121 Å². The standard InChI is InChI=1S/C24H22FNO4.C19H14FNO3/c1-16(24(28)29-2)14-20(27)15-19-4-3-5-23(26-19)17-6-10-21(11-7-17)30-22-12-8-18(25)9-13-22;20-14-6-10-17(11-7-14)24-16-8-4-13(5-9-16)18-3-1-2-15(21-18)12-19(22)23/h3-13,16H,14-15H2,1-2H3;1-11H,12H2,(H,22,23)/t16-;/m1./s1. The number of methoxy groups -OCH3 is 1. The number of halogens is 2. The molecule has 0 spiro atoms. The van der Waals surface area contributed by atoms with Gasteiger partial charge in [0.15, 0.2) is 0 Å². The van der Waals surface area contributed by atoms with Crippen molar-refractivity contribution in [3.8, 4) is 45.5 Å². The molecule has 0 fully saturated rings. The molecular weight excluding hydrogens is 694 g/mol. The molecule has 0 aliphatic carbocycles. The van der Waals surface area contributed by atoms with Crippen LogP contribution in [0.5, 0.6) is 23.0 Å². The number of rotatable bonds is 13. The van der Waals surface area contributed by atoms with Crippen molar-refractivity contribution >= 4 is 17.7 Å². The number of pyridine rings is 2. The Bertz CT molecular complexity index is 2180. The smallest absolute Gasteiger partial charge is 0.309 e. The number of hydrogen-bond acceptors (Lipinski definition) is 8. The molecule has 6 rings (SSSR count). The van der Waals surface area contributed by atoms with Crippen LogP contribution in [0.3, 0.4) is 0 Å². The number of ether oxygens (including phenoxy) is 3. The molecule has 1 atom stereocenters. The first-order chi connectivity index (χ1) is 26.0. The number of esters is 1. The highest BCUT2D eigenvalue weighted by atomic mass is 19.1. The molecule has 0 aliphatic heterocycles. The number of carbonyl (C=O) groups is 3. The van der Waals surface area contributed by atoms with Gasteiger partial charge in [0.25, 0.3) is 0 Å².